The van der Waals surface area contributed by atoms with E-state index in [2.05, 4.69) is 20.8 Å². The van der Waals surface area contributed by atoms with Crippen molar-refractivity contribution in [1.82, 2.24) is 0 Å². The molecule has 19 heavy (non-hydrogen) atoms. The molecule has 2 N–H and O–H groups in total. The van der Waals surface area contributed by atoms with Gasteiger partial charge in [-0.2, -0.15) is 0 Å². The number of hydrogen-bond acceptors (Lipinski definition) is 2. The van der Waals surface area contributed by atoms with Crippen molar-refractivity contribution >= 4 is 11.9 Å². The zero-order chi connectivity index (χ0) is 13.9. The predicted molar refractivity (Wildman–Crippen MR) is 77.5 cm³/mol. The molecule has 2 fully saturated rings. The largest absolute Gasteiger partial charge is 0.321 e. The summed E-state index contributed by atoms with van der Waals surface area (Å²) in [6.07, 6.45) is 3.80. The van der Waals surface area contributed by atoms with Crippen molar-refractivity contribution in [1.29, 1.82) is 0 Å². The number of Topliss-reactive ketones (excluding diaryl/α,β-unsaturated/α-hetero) is 1. The number of nitrogens with two attached hydrogens (primary N) is 1. The van der Waals surface area contributed by atoms with Gasteiger partial charge in [0.05, 0.1) is 5.54 Å². The molecule has 100 valence electrons. The van der Waals surface area contributed by atoms with Crippen molar-refractivity contribution in [2.75, 3.05) is 0 Å². The van der Waals surface area contributed by atoms with E-state index in [1.165, 1.54) is 0 Å². The highest BCUT2D eigenvalue weighted by molar-refractivity contribution is 6.10. The molecule has 0 heterocycles. The maximum absolute atomic E-state index is 12.8. The van der Waals surface area contributed by atoms with Gasteiger partial charge in [0, 0.05) is 11.0 Å². The smallest absolute Gasteiger partial charge is 0.167 e. The molecule has 0 amide bonds. The van der Waals surface area contributed by atoms with Crippen LogP contribution in [0.25, 0.3) is 6.08 Å². The Morgan fingerprint density at radius 2 is 1.74 bits per heavy atom. The Morgan fingerprint density at radius 1 is 1.11 bits per heavy atom. The van der Waals surface area contributed by atoms with E-state index in [9.17, 15) is 4.79 Å². The lowest BCUT2D eigenvalue weighted by atomic mass is 9.69. The minimum absolute atomic E-state index is 0.169. The average Bonchev–Trinajstić information content (AvgIpc) is 2.63. The van der Waals surface area contributed by atoms with Gasteiger partial charge in [-0.25, -0.2) is 0 Å². The van der Waals surface area contributed by atoms with Crippen LogP contribution in [0.15, 0.2) is 35.9 Å². The van der Waals surface area contributed by atoms with E-state index >= 15 is 0 Å². The van der Waals surface area contributed by atoms with Gasteiger partial charge in [0.25, 0.3) is 0 Å². The topological polar surface area (TPSA) is 43.1 Å². The summed E-state index contributed by atoms with van der Waals surface area (Å²) in [5, 5.41) is 0. The maximum Gasteiger partial charge on any atom is 0.167 e. The molecule has 2 saturated carbocycles. The Labute approximate surface area is 114 Å². The Bertz CT molecular complexity index is 572. The molecule has 2 nitrogen and oxygen atoms in total. The summed E-state index contributed by atoms with van der Waals surface area (Å²) in [4.78, 5) is 12.8. The molecule has 0 aliphatic heterocycles. The zero-order valence-corrected chi connectivity index (χ0v) is 11.9. The summed E-state index contributed by atoms with van der Waals surface area (Å²) in [7, 11) is 0. The first-order valence-electron chi connectivity index (χ1n) is 6.94. The van der Waals surface area contributed by atoms with E-state index < -0.39 is 5.54 Å². The van der Waals surface area contributed by atoms with Crippen LogP contribution in [0, 0.1) is 10.8 Å². The highest BCUT2D eigenvalue weighted by atomic mass is 16.1. The average molecular weight is 255 g/mol. The third-order valence-corrected chi connectivity index (χ3v) is 5.85. The third kappa shape index (κ3) is 1.33. The second kappa shape index (κ2) is 3.57. The first-order chi connectivity index (χ1) is 8.83. The van der Waals surface area contributed by atoms with Crippen molar-refractivity contribution in [2.24, 2.45) is 16.6 Å². The van der Waals surface area contributed by atoms with Crippen LogP contribution in [-0.4, -0.2) is 11.3 Å². The molecule has 2 unspecified atom stereocenters. The number of rotatable bonds is 1. The molecular formula is C17H21NO. The van der Waals surface area contributed by atoms with Crippen LogP contribution in [0.2, 0.25) is 0 Å². The van der Waals surface area contributed by atoms with Gasteiger partial charge in [-0.05, 0) is 29.9 Å². The van der Waals surface area contributed by atoms with Crippen molar-refractivity contribution < 1.29 is 4.79 Å². The van der Waals surface area contributed by atoms with Gasteiger partial charge in [0.15, 0.2) is 5.78 Å². The van der Waals surface area contributed by atoms with Crippen LogP contribution in [0.5, 0.6) is 0 Å². The Hall–Kier alpha value is -1.41. The lowest BCUT2D eigenvalue weighted by Crippen LogP contribution is -2.48. The predicted octanol–water partition coefficient (Wildman–Crippen LogP) is 3.18. The second-order valence-electron chi connectivity index (χ2n) is 6.73. The van der Waals surface area contributed by atoms with E-state index in [4.69, 9.17) is 5.73 Å². The second-order valence-corrected chi connectivity index (χ2v) is 6.73. The molecule has 1 aromatic rings. The fourth-order valence-electron chi connectivity index (χ4n) is 3.84. The van der Waals surface area contributed by atoms with Gasteiger partial charge in [-0.3, -0.25) is 4.79 Å². The molecule has 2 heteroatoms. The fourth-order valence-corrected chi connectivity index (χ4v) is 3.84. The number of carbonyl (C=O) groups is 1. The van der Waals surface area contributed by atoms with E-state index in [1.807, 2.05) is 36.4 Å². The van der Waals surface area contributed by atoms with Gasteiger partial charge in [-0.1, -0.05) is 51.1 Å². The van der Waals surface area contributed by atoms with Gasteiger partial charge in [-0.15, -0.1) is 0 Å². The highest BCUT2D eigenvalue weighted by Gasteiger charge is 2.70. The summed E-state index contributed by atoms with van der Waals surface area (Å²) in [5.74, 6) is 0.245. The lowest BCUT2D eigenvalue weighted by Gasteiger charge is -2.37. The summed E-state index contributed by atoms with van der Waals surface area (Å²) in [6, 6.07) is 9.99. The summed E-state index contributed by atoms with van der Waals surface area (Å²) < 4.78 is 0. The maximum atomic E-state index is 12.8. The standard InChI is InChI=1S/C17H21NO/c1-15(2)16(3)9-10-17(15,18)13(14(16)19)11-12-7-5-4-6-8-12/h4-8,11H,9-10,18H2,1-3H3. The normalized spacial score (nSPS) is 38.1. The van der Waals surface area contributed by atoms with E-state index in [1.54, 1.807) is 0 Å². The van der Waals surface area contributed by atoms with Crippen LogP contribution in [0.3, 0.4) is 0 Å². The molecule has 2 aliphatic carbocycles. The molecule has 2 aliphatic rings. The van der Waals surface area contributed by atoms with Crippen molar-refractivity contribution in [3.8, 4) is 0 Å². The number of fused-ring (bicyclic) bond motifs is 2. The van der Waals surface area contributed by atoms with Crippen LogP contribution in [0.4, 0.5) is 0 Å². The van der Waals surface area contributed by atoms with Crippen molar-refractivity contribution in [2.45, 2.75) is 39.2 Å². The summed E-state index contributed by atoms with van der Waals surface area (Å²) >= 11 is 0. The van der Waals surface area contributed by atoms with Crippen molar-refractivity contribution in [3.63, 3.8) is 0 Å². The third-order valence-electron chi connectivity index (χ3n) is 5.85. The molecule has 1 aromatic carbocycles. The fraction of sp³-hybridized carbons (Fsp3) is 0.471. The minimum Gasteiger partial charge on any atom is -0.321 e. The van der Waals surface area contributed by atoms with Gasteiger partial charge in [0.2, 0.25) is 0 Å². The monoisotopic (exact) mass is 255 g/mol. The molecular weight excluding hydrogens is 234 g/mol. The molecule has 0 aromatic heterocycles. The van der Waals surface area contributed by atoms with Crippen LogP contribution in [0.1, 0.15) is 39.2 Å². The number of carbonyl (C=O) groups excluding carboxylic acids is 1. The minimum atomic E-state index is -0.478. The zero-order valence-electron chi connectivity index (χ0n) is 11.9. The molecule has 0 radical (unpaired) electrons. The Morgan fingerprint density at radius 3 is 2.26 bits per heavy atom. The summed E-state index contributed by atoms with van der Waals surface area (Å²) in [5.41, 5.74) is 7.58. The highest BCUT2D eigenvalue weighted by Crippen LogP contribution is 2.66. The quantitative estimate of drug-likeness (QED) is 0.783. The van der Waals surface area contributed by atoms with E-state index in [0.29, 0.717) is 0 Å². The van der Waals surface area contributed by atoms with E-state index in [0.717, 1.165) is 24.0 Å². The molecule has 2 atom stereocenters. The Kier molecular flexibility index (Phi) is 2.37. The van der Waals surface area contributed by atoms with Crippen LogP contribution in [-0.2, 0) is 4.79 Å². The Balaban J connectivity index is 2.15. The SMILES string of the molecule is CC12CCC(N)(C(=Cc3ccccc3)C1=O)C2(C)C. The van der Waals surface area contributed by atoms with E-state index in [-0.39, 0.29) is 16.6 Å². The number of ketones is 1. The number of hydrogen-bond donors (Lipinski definition) is 1. The first-order valence-corrected chi connectivity index (χ1v) is 6.94. The van der Waals surface area contributed by atoms with Crippen molar-refractivity contribution in [3.05, 3.63) is 41.5 Å². The first kappa shape index (κ1) is 12.6. The number of benzene rings is 1. The molecule has 0 spiro atoms. The van der Waals surface area contributed by atoms with Gasteiger partial charge < -0.3 is 5.73 Å². The molecule has 0 saturated heterocycles. The molecule has 2 bridgehead atoms. The van der Waals surface area contributed by atoms with Crippen LogP contribution >= 0.6 is 0 Å². The van der Waals surface area contributed by atoms with Crippen LogP contribution < -0.4 is 5.73 Å². The summed E-state index contributed by atoms with van der Waals surface area (Å²) in [6.45, 7) is 6.36. The van der Waals surface area contributed by atoms with Gasteiger partial charge >= 0.3 is 0 Å². The lowest BCUT2D eigenvalue weighted by molar-refractivity contribution is -0.125. The van der Waals surface area contributed by atoms with Gasteiger partial charge in [0.1, 0.15) is 0 Å². The molecule has 3 rings (SSSR count).